The zero-order valence-corrected chi connectivity index (χ0v) is 19.9. The Morgan fingerprint density at radius 2 is 1.70 bits per heavy atom. The molecule has 0 aromatic heterocycles. The highest BCUT2D eigenvalue weighted by Crippen LogP contribution is 2.19. The maximum absolute atomic E-state index is 13.0. The van der Waals surface area contributed by atoms with E-state index < -0.39 is 6.04 Å². The Hall–Kier alpha value is -1.69. The molecule has 0 bridgehead atoms. The lowest BCUT2D eigenvalue weighted by molar-refractivity contribution is -0.138. The maximum atomic E-state index is 13.0. The van der Waals surface area contributed by atoms with Gasteiger partial charge in [-0.05, 0) is 48.2 Å². The number of benzene rings is 2. The largest absolute Gasteiger partial charge is 0.354 e. The molecule has 2 amide bonds. The van der Waals surface area contributed by atoms with Crippen molar-refractivity contribution in [3.05, 3.63) is 69.7 Å². The summed E-state index contributed by atoms with van der Waals surface area (Å²) in [6.45, 7) is 6.74. The molecule has 162 valence electrons. The van der Waals surface area contributed by atoms with E-state index in [2.05, 4.69) is 5.32 Å². The Kier molecular flexibility index (Phi) is 10.0. The summed E-state index contributed by atoms with van der Waals surface area (Å²) >= 11 is 13.5. The van der Waals surface area contributed by atoms with Crippen molar-refractivity contribution in [1.29, 1.82) is 0 Å². The highest BCUT2D eigenvalue weighted by molar-refractivity contribution is 7.99. The van der Waals surface area contributed by atoms with Crippen molar-refractivity contribution in [2.75, 3.05) is 12.3 Å². The summed E-state index contributed by atoms with van der Waals surface area (Å²) in [5.41, 5.74) is 1.99. The van der Waals surface area contributed by atoms with Crippen LogP contribution in [0.4, 0.5) is 0 Å². The second-order valence-electron chi connectivity index (χ2n) is 7.59. The predicted octanol–water partition coefficient (Wildman–Crippen LogP) is 5.42. The Morgan fingerprint density at radius 3 is 2.33 bits per heavy atom. The molecule has 0 aliphatic heterocycles. The molecule has 2 aromatic rings. The number of nitrogens with zero attached hydrogens (tertiary/aromatic N) is 1. The van der Waals surface area contributed by atoms with E-state index in [1.54, 1.807) is 17.9 Å². The van der Waals surface area contributed by atoms with Gasteiger partial charge in [-0.3, -0.25) is 9.59 Å². The summed E-state index contributed by atoms with van der Waals surface area (Å²) in [6.07, 6.45) is 0. The van der Waals surface area contributed by atoms with E-state index in [0.717, 1.165) is 11.1 Å². The minimum Gasteiger partial charge on any atom is -0.354 e. The van der Waals surface area contributed by atoms with Crippen LogP contribution >= 0.6 is 35.0 Å². The van der Waals surface area contributed by atoms with Crippen LogP contribution < -0.4 is 5.32 Å². The van der Waals surface area contributed by atoms with Crippen molar-refractivity contribution >= 4 is 46.8 Å². The summed E-state index contributed by atoms with van der Waals surface area (Å²) in [5.74, 6) is 1.09. The Labute approximate surface area is 193 Å². The Bertz CT molecular complexity index is 843. The fourth-order valence-electron chi connectivity index (χ4n) is 2.79. The van der Waals surface area contributed by atoms with Crippen LogP contribution in [0.15, 0.2) is 48.5 Å². The number of thioether (sulfide) groups is 1. The first-order chi connectivity index (χ1) is 14.3. The van der Waals surface area contributed by atoms with E-state index in [1.165, 1.54) is 11.8 Å². The van der Waals surface area contributed by atoms with Crippen molar-refractivity contribution < 1.29 is 9.59 Å². The molecule has 0 unspecified atom stereocenters. The molecular weight excluding hydrogens is 439 g/mol. The highest BCUT2D eigenvalue weighted by Gasteiger charge is 2.26. The first kappa shape index (κ1) is 24.6. The molecule has 0 fully saturated rings. The first-order valence-electron chi connectivity index (χ1n) is 9.90. The SMILES string of the molecule is CC(C)CNC(=O)[C@@H](C)N(Cc1cccc(Cl)c1)C(=O)CSCc1ccc(Cl)cc1. The quantitative estimate of drug-likeness (QED) is 0.508. The van der Waals surface area contributed by atoms with Gasteiger partial charge in [0, 0.05) is 28.9 Å². The van der Waals surface area contributed by atoms with Crippen LogP contribution in [0.25, 0.3) is 0 Å². The Balaban J connectivity index is 2.05. The highest BCUT2D eigenvalue weighted by atomic mass is 35.5. The van der Waals surface area contributed by atoms with E-state index in [1.807, 2.05) is 56.3 Å². The molecule has 4 nitrogen and oxygen atoms in total. The van der Waals surface area contributed by atoms with E-state index in [9.17, 15) is 9.59 Å². The fraction of sp³-hybridized carbons (Fsp3) is 0.391. The third kappa shape index (κ3) is 8.21. The number of amides is 2. The minimum absolute atomic E-state index is 0.0823. The molecule has 1 atom stereocenters. The van der Waals surface area contributed by atoms with Gasteiger partial charge >= 0.3 is 0 Å². The summed E-state index contributed by atoms with van der Waals surface area (Å²) < 4.78 is 0. The number of hydrogen-bond donors (Lipinski definition) is 1. The van der Waals surface area contributed by atoms with Crippen molar-refractivity contribution in [2.45, 2.75) is 39.1 Å². The smallest absolute Gasteiger partial charge is 0.242 e. The first-order valence-corrected chi connectivity index (χ1v) is 11.8. The van der Waals surface area contributed by atoms with Crippen LogP contribution in [0, 0.1) is 5.92 Å². The molecule has 1 N–H and O–H groups in total. The second-order valence-corrected chi connectivity index (χ2v) is 9.44. The molecule has 0 saturated carbocycles. The Morgan fingerprint density at radius 1 is 1.00 bits per heavy atom. The molecule has 0 aliphatic rings. The minimum atomic E-state index is -0.577. The third-order valence-electron chi connectivity index (χ3n) is 4.50. The lowest BCUT2D eigenvalue weighted by atomic mass is 10.1. The monoisotopic (exact) mass is 466 g/mol. The number of hydrogen-bond acceptors (Lipinski definition) is 3. The van der Waals surface area contributed by atoms with Gasteiger partial charge in [0.05, 0.1) is 5.75 Å². The molecule has 0 radical (unpaired) electrons. The molecule has 0 aliphatic carbocycles. The number of halogens is 2. The summed E-state index contributed by atoms with van der Waals surface area (Å²) in [6, 6.07) is 14.4. The average molecular weight is 467 g/mol. The summed E-state index contributed by atoms with van der Waals surface area (Å²) in [5, 5.41) is 4.22. The van der Waals surface area contributed by atoms with E-state index >= 15 is 0 Å². The number of rotatable bonds is 10. The van der Waals surface area contributed by atoms with Gasteiger partial charge in [-0.1, -0.05) is 61.3 Å². The van der Waals surface area contributed by atoms with Crippen LogP contribution in [0.2, 0.25) is 10.0 Å². The molecule has 0 saturated heterocycles. The number of carbonyl (C=O) groups is 2. The van der Waals surface area contributed by atoms with Crippen molar-refractivity contribution in [1.82, 2.24) is 10.2 Å². The molecule has 30 heavy (non-hydrogen) atoms. The van der Waals surface area contributed by atoms with Crippen molar-refractivity contribution in [3.8, 4) is 0 Å². The van der Waals surface area contributed by atoms with Gasteiger partial charge in [-0.2, -0.15) is 0 Å². The second kappa shape index (κ2) is 12.2. The molecule has 0 heterocycles. The van der Waals surface area contributed by atoms with Gasteiger partial charge in [0.25, 0.3) is 0 Å². The molecule has 7 heteroatoms. The third-order valence-corrected chi connectivity index (χ3v) is 5.98. The van der Waals surface area contributed by atoms with E-state index in [4.69, 9.17) is 23.2 Å². The van der Waals surface area contributed by atoms with Gasteiger partial charge < -0.3 is 10.2 Å². The van der Waals surface area contributed by atoms with Crippen LogP contribution in [0.5, 0.6) is 0 Å². The maximum Gasteiger partial charge on any atom is 0.242 e. The fourth-order valence-corrected chi connectivity index (χ4v) is 4.00. The van der Waals surface area contributed by atoms with Gasteiger partial charge in [-0.15, -0.1) is 11.8 Å². The molecular formula is C23H28Cl2N2O2S. The topological polar surface area (TPSA) is 49.4 Å². The van der Waals surface area contributed by atoms with Crippen LogP contribution in [0.1, 0.15) is 31.9 Å². The molecule has 2 aromatic carbocycles. The van der Waals surface area contributed by atoms with Crippen LogP contribution in [0.3, 0.4) is 0 Å². The standard InChI is InChI=1S/C23H28Cl2N2O2S/c1-16(2)12-26-23(29)17(3)27(13-19-5-4-6-21(25)11-19)22(28)15-30-14-18-7-9-20(24)10-8-18/h4-11,16-17H,12-15H2,1-3H3,(H,26,29)/t17-/m1/s1. The van der Waals surface area contributed by atoms with E-state index in [-0.39, 0.29) is 17.6 Å². The molecule has 0 spiro atoms. The van der Waals surface area contributed by atoms with Crippen LogP contribution in [-0.2, 0) is 21.9 Å². The average Bonchev–Trinajstić information content (AvgIpc) is 2.71. The number of carbonyl (C=O) groups excluding carboxylic acids is 2. The van der Waals surface area contributed by atoms with Gasteiger partial charge in [-0.25, -0.2) is 0 Å². The zero-order chi connectivity index (χ0) is 22.1. The normalized spacial score (nSPS) is 11.9. The van der Waals surface area contributed by atoms with Crippen molar-refractivity contribution in [3.63, 3.8) is 0 Å². The molecule has 2 rings (SSSR count). The van der Waals surface area contributed by atoms with E-state index in [0.29, 0.717) is 34.8 Å². The zero-order valence-electron chi connectivity index (χ0n) is 17.5. The lowest BCUT2D eigenvalue weighted by Crippen LogP contribution is -2.48. The summed E-state index contributed by atoms with van der Waals surface area (Å²) in [7, 11) is 0. The number of nitrogens with one attached hydrogen (secondary N) is 1. The van der Waals surface area contributed by atoms with Gasteiger partial charge in [0.1, 0.15) is 6.04 Å². The predicted molar refractivity (Wildman–Crippen MR) is 127 cm³/mol. The van der Waals surface area contributed by atoms with Gasteiger partial charge in [0.2, 0.25) is 11.8 Å². The summed E-state index contributed by atoms with van der Waals surface area (Å²) in [4.78, 5) is 27.3. The van der Waals surface area contributed by atoms with Crippen LogP contribution in [-0.4, -0.2) is 35.1 Å². The van der Waals surface area contributed by atoms with Gasteiger partial charge in [0.15, 0.2) is 0 Å². The van der Waals surface area contributed by atoms with Crippen molar-refractivity contribution in [2.24, 2.45) is 5.92 Å². The lowest BCUT2D eigenvalue weighted by Gasteiger charge is -2.29.